The van der Waals surface area contributed by atoms with Gasteiger partial charge >= 0.3 is 12.2 Å². The molecule has 3 rings (SSSR count). The Kier molecular flexibility index (Phi) is 5.60. The van der Waals surface area contributed by atoms with Crippen molar-refractivity contribution in [1.82, 2.24) is 14.1 Å². The normalized spacial score (nSPS) is 19.6. The molecule has 0 aliphatic carbocycles. The lowest BCUT2D eigenvalue weighted by molar-refractivity contribution is -0.139. The topological polar surface area (TPSA) is 60.9 Å². The zero-order valence-electron chi connectivity index (χ0n) is 14.4. The van der Waals surface area contributed by atoms with Gasteiger partial charge in [0.1, 0.15) is 0 Å². The largest absolute Gasteiger partial charge is 0.417 e. The number of carbonyl (C=O) groups excluding carboxylic acids is 1. The molecule has 0 N–H and O–H groups in total. The van der Waals surface area contributed by atoms with Gasteiger partial charge in [0.05, 0.1) is 10.5 Å². The Hall–Kier alpha value is -1.52. The van der Waals surface area contributed by atoms with E-state index in [0.29, 0.717) is 19.2 Å². The van der Waals surface area contributed by atoms with Gasteiger partial charge < -0.3 is 9.80 Å². The molecule has 0 atom stereocenters. The summed E-state index contributed by atoms with van der Waals surface area (Å²) in [4.78, 5) is 14.8. The summed E-state index contributed by atoms with van der Waals surface area (Å²) in [6.45, 7) is 1.53. The van der Waals surface area contributed by atoms with Crippen LogP contribution in [0.15, 0.2) is 23.1 Å². The fraction of sp³-hybridized carbons (Fsp3) is 0.562. The molecule has 1 aromatic rings. The van der Waals surface area contributed by atoms with Gasteiger partial charge in [-0.1, -0.05) is 11.6 Å². The highest BCUT2D eigenvalue weighted by Crippen LogP contribution is 2.37. The number of likely N-dealkylation sites (tertiary alicyclic amines) is 1. The number of urea groups is 1. The SMILES string of the molecule is O=C(N1CCCC1)N1CCN(S(=O)(=O)c2ccc(Cl)cc2C(F)(F)F)CC1. The van der Waals surface area contributed by atoms with Crippen molar-refractivity contribution in [2.24, 2.45) is 0 Å². The van der Waals surface area contributed by atoms with Gasteiger partial charge in [0.2, 0.25) is 10.0 Å². The van der Waals surface area contributed by atoms with Gasteiger partial charge in [-0.3, -0.25) is 0 Å². The predicted molar refractivity (Wildman–Crippen MR) is 93.0 cm³/mol. The molecule has 0 bridgehead atoms. The predicted octanol–water partition coefficient (Wildman–Crippen LogP) is 2.88. The van der Waals surface area contributed by atoms with E-state index in [1.807, 2.05) is 0 Å². The van der Waals surface area contributed by atoms with Gasteiger partial charge in [-0.25, -0.2) is 13.2 Å². The fourth-order valence-electron chi connectivity index (χ4n) is 3.32. The van der Waals surface area contributed by atoms with Crippen molar-refractivity contribution >= 4 is 27.7 Å². The van der Waals surface area contributed by atoms with E-state index in [1.54, 1.807) is 9.80 Å². The van der Waals surface area contributed by atoms with Crippen LogP contribution in [0, 0.1) is 0 Å². The Bertz CT molecular complexity index is 818. The first kappa shape index (κ1) is 20.2. The van der Waals surface area contributed by atoms with Gasteiger partial charge in [-0.05, 0) is 31.0 Å². The zero-order valence-corrected chi connectivity index (χ0v) is 15.9. The maximum absolute atomic E-state index is 13.3. The molecule has 0 aromatic heterocycles. The van der Waals surface area contributed by atoms with Crippen LogP contribution in [0.3, 0.4) is 0 Å². The highest BCUT2D eigenvalue weighted by atomic mass is 35.5. The number of alkyl halides is 3. The molecule has 27 heavy (non-hydrogen) atoms. The molecule has 2 aliphatic heterocycles. The van der Waals surface area contributed by atoms with Gasteiger partial charge in [0.25, 0.3) is 0 Å². The van der Waals surface area contributed by atoms with Gasteiger partial charge in [-0.2, -0.15) is 17.5 Å². The molecule has 2 aliphatic rings. The van der Waals surface area contributed by atoms with Gasteiger partial charge in [0, 0.05) is 44.3 Å². The minimum absolute atomic E-state index is 0.0537. The second-order valence-electron chi connectivity index (χ2n) is 6.51. The monoisotopic (exact) mass is 425 g/mol. The Morgan fingerprint density at radius 2 is 1.52 bits per heavy atom. The van der Waals surface area contributed by atoms with Crippen LogP contribution < -0.4 is 0 Å². The summed E-state index contributed by atoms with van der Waals surface area (Å²) in [6, 6.07) is 2.47. The van der Waals surface area contributed by atoms with Crippen molar-refractivity contribution in [1.29, 1.82) is 0 Å². The van der Waals surface area contributed by atoms with Crippen molar-refractivity contribution in [3.63, 3.8) is 0 Å². The highest BCUT2D eigenvalue weighted by molar-refractivity contribution is 7.89. The van der Waals surface area contributed by atoms with E-state index in [2.05, 4.69) is 0 Å². The van der Waals surface area contributed by atoms with E-state index in [9.17, 15) is 26.4 Å². The second kappa shape index (κ2) is 7.48. The first-order valence-corrected chi connectivity index (χ1v) is 10.3. The molecule has 2 fully saturated rings. The van der Waals surface area contributed by atoms with E-state index >= 15 is 0 Å². The average molecular weight is 426 g/mol. The number of amides is 2. The Labute approximate surface area is 160 Å². The number of hydrogen-bond acceptors (Lipinski definition) is 3. The summed E-state index contributed by atoms with van der Waals surface area (Å²) < 4.78 is 66.3. The molecule has 1 aromatic carbocycles. The molecule has 6 nitrogen and oxygen atoms in total. The van der Waals surface area contributed by atoms with E-state index in [1.165, 1.54) is 0 Å². The number of rotatable bonds is 2. The molecule has 150 valence electrons. The van der Waals surface area contributed by atoms with Crippen LogP contribution >= 0.6 is 11.6 Å². The summed E-state index contributed by atoms with van der Waals surface area (Å²) >= 11 is 5.62. The first-order valence-electron chi connectivity index (χ1n) is 8.51. The third-order valence-corrected chi connectivity index (χ3v) is 6.94. The standard InChI is InChI=1S/C16H19ClF3N3O3S/c17-12-3-4-14(13(11-12)16(18,19)20)27(25,26)23-9-7-22(8-10-23)15(24)21-5-1-2-6-21/h3-4,11H,1-2,5-10H2. The minimum atomic E-state index is -4.85. The second-order valence-corrected chi connectivity index (χ2v) is 8.85. The molecule has 0 radical (unpaired) electrons. The maximum atomic E-state index is 13.3. The molecule has 0 saturated carbocycles. The molecule has 0 spiro atoms. The van der Waals surface area contributed by atoms with E-state index in [4.69, 9.17) is 11.6 Å². The summed E-state index contributed by atoms with van der Waals surface area (Å²) in [5.41, 5.74) is -1.29. The maximum Gasteiger partial charge on any atom is 0.417 e. The first-order chi connectivity index (χ1) is 12.6. The number of halogens is 4. The van der Waals surface area contributed by atoms with Gasteiger partial charge in [-0.15, -0.1) is 0 Å². The molecular weight excluding hydrogens is 407 g/mol. The Morgan fingerprint density at radius 3 is 2.07 bits per heavy atom. The Morgan fingerprint density at radius 1 is 0.963 bits per heavy atom. The van der Waals surface area contributed by atoms with Crippen LogP contribution in [0.25, 0.3) is 0 Å². The van der Waals surface area contributed by atoms with Crippen LogP contribution in [0.2, 0.25) is 5.02 Å². The fourth-order valence-corrected chi connectivity index (χ4v) is 5.10. The van der Waals surface area contributed by atoms with Crippen LogP contribution in [0.4, 0.5) is 18.0 Å². The van der Waals surface area contributed by atoms with E-state index in [0.717, 1.165) is 29.3 Å². The number of piperazine rings is 1. The zero-order chi connectivity index (χ0) is 19.8. The summed E-state index contributed by atoms with van der Waals surface area (Å²) in [5, 5.41) is -0.192. The Balaban J connectivity index is 1.77. The average Bonchev–Trinajstić information content (AvgIpc) is 3.15. The molecule has 2 amide bonds. The molecule has 2 saturated heterocycles. The summed E-state index contributed by atoms with van der Waals surface area (Å²) in [5.74, 6) is 0. The van der Waals surface area contributed by atoms with Crippen LogP contribution in [0.1, 0.15) is 18.4 Å². The number of carbonyl (C=O) groups is 1. The van der Waals surface area contributed by atoms with Crippen LogP contribution in [-0.2, 0) is 16.2 Å². The van der Waals surface area contributed by atoms with Crippen molar-refractivity contribution in [2.75, 3.05) is 39.3 Å². The van der Waals surface area contributed by atoms with Crippen molar-refractivity contribution < 1.29 is 26.4 Å². The highest BCUT2D eigenvalue weighted by Gasteiger charge is 2.40. The van der Waals surface area contributed by atoms with Crippen LogP contribution in [0.5, 0.6) is 0 Å². The van der Waals surface area contributed by atoms with Crippen molar-refractivity contribution in [3.8, 4) is 0 Å². The minimum Gasteiger partial charge on any atom is -0.325 e. The summed E-state index contributed by atoms with van der Waals surface area (Å²) in [6.07, 6.45) is -2.96. The number of benzene rings is 1. The molecular formula is C16H19ClF3N3O3S. The molecule has 2 heterocycles. The lowest BCUT2D eigenvalue weighted by atomic mass is 10.2. The molecule has 11 heteroatoms. The third kappa shape index (κ3) is 4.17. The van der Waals surface area contributed by atoms with Gasteiger partial charge in [0.15, 0.2) is 0 Å². The quantitative estimate of drug-likeness (QED) is 0.732. The lowest BCUT2D eigenvalue weighted by Crippen LogP contribution is -2.53. The van der Waals surface area contributed by atoms with Crippen molar-refractivity contribution in [2.45, 2.75) is 23.9 Å². The van der Waals surface area contributed by atoms with E-state index in [-0.39, 0.29) is 37.2 Å². The smallest absolute Gasteiger partial charge is 0.325 e. The number of nitrogens with zero attached hydrogens (tertiary/aromatic N) is 3. The van der Waals surface area contributed by atoms with Crippen molar-refractivity contribution in [3.05, 3.63) is 28.8 Å². The van der Waals surface area contributed by atoms with Crippen LogP contribution in [-0.4, -0.2) is 67.8 Å². The molecule has 0 unspecified atom stereocenters. The van der Waals surface area contributed by atoms with E-state index < -0.39 is 26.7 Å². The lowest BCUT2D eigenvalue weighted by Gasteiger charge is -2.36. The third-order valence-electron chi connectivity index (χ3n) is 4.75. The number of hydrogen-bond donors (Lipinski definition) is 0. The summed E-state index contributed by atoms with van der Waals surface area (Å²) in [7, 11) is -4.36. The number of sulfonamides is 1.